The predicted octanol–water partition coefficient (Wildman–Crippen LogP) is 3.86. The molecule has 0 aliphatic carbocycles. The minimum absolute atomic E-state index is 0. The van der Waals surface area contributed by atoms with Crippen molar-refractivity contribution in [3.63, 3.8) is 0 Å². The lowest BCUT2D eigenvalue weighted by Gasteiger charge is -2.20. The van der Waals surface area contributed by atoms with E-state index in [1.165, 1.54) is 4.90 Å². The number of nitrogens with zero attached hydrogens (tertiary/aromatic N) is 2. The quantitative estimate of drug-likeness (QED) is 0.283. The molecule has 2 N–H and O–H groups in total. The van der Waals surface area contributed by atoms with Crippen molar-refractivity contribution in [2.45, 2.75) is 58.0 Å². The Kier molecular flexibility index (Phi) is 10.8. The lowest BCUT2D eigenvalue weighted by atomic mass is 10.1. The lowest BCUT2D eigenvalue weighted by Crippen LogP contribution is -2.45. The van der Waals surface area contributed by atoms with Crippen LogP contribution in [0.25, 0.3) is 0 Å². The van der Waals surface area contributed by atoms with Crippen molar-refractivity contribution >= 4 is 29.9 Å². The molecule has 0 bridgehead atoms. The second-order valence-electron chi connectivity index (χ2n) is 8.23. The second-order valence-corrected chi connectivity index (χ2v) is 8.23. The van der Waals surface area contributed by atoms with Crippen LogP contribution < -0.4 is 15.4 Å². The fourth-order valence-corrected chi connectivity index (χ4v) is 3.91. The van der Waals surface area contributed by atoms with E-state index in [1.807, 2.05) is 32.0 Å². The minimum Gasteiger partial charge on any atom is -0.491 e. The maximum absolute atomic E-state index is 12.6. The minimum atomic E-state index is -4.17. The van der Waals surface area contributed by atoms with Gasteiger partial charge in [0.25, 0.3) is 0 Å². The van der Waals surface area contributed by atoms with Crippen molar-refractivity contribution in [2.75, 3.05) is 39.4 Å². The summed E-state index contributed by atoms with van der Waals surface area (Å²) in [5, 5.41) is 6.47. The molecule has 10 heteroatoms. The van der Waals surface area contributed by atoms with Crippen molar-refractivity contribution in [1.82, 2.24) is 15.5 Å². The van der Waals surface area contributed by atoms with Gasteiger partial charge in [0.1, 0.15) is 12.4 Å². The molecule has 32 heavy (non-hydrogen) atoms. The molecule has 1 aromatic carbocycles. The van der Waals surface area contributed by atoms with Crippen LogP contribution in [0.1, 0.15) is 37.3 Å². The molecular weight excluding hydrogens is 536 g/mol. The van der Waals surface area contributed by atoms with Crippen LogP contribution in [0, 0.1) is 6.92 Å². The number of hydrogen-bond donors (Lipinski definition) is 2. The Morgan fingerprint density at radius 3 is 2.81 bits per heavy atom. The molecule has 1 aromatic rings. The van der Waals surface area contributed by atoms with E-state index in [0.717, 1.165) is 36.3 Å². The Bertz CT molecular complexity index is 742. The summed E-state index contributed by atoms with van der Waals surface area (Å²) in [6.45, 7) is 6.28. The van der Waals surface area contributed by atoms with Crippen LogP contribution in [0.5, 0.6) is 5.75 Å². The van der Waals surface area contributed by atoms with Gasteiger partial charge in [-0.1, -0.05) is 12.1 Å². The number of nitrogens with one attached hydrogen (secondary N) is 2. The normalized spacial score (nSPS) is 22.0. The first kappa shape index (κ1) is 27.0. The maximum Gasteiger partial charge on any atom is 0.401 e. The highest BCUT2D eigenvalue weighted by Crippen LogP contribution is 2.23. The van der Waals surface area contributed by atoms with E-state index in [2.05, 4.69) is 15.6 Å². The topological polar surface area (TPSA) is 58.1 Å². The Labute approximate surface area is 205 Å². The number of guanidine groups is 1. The summed E-state index contributed by atoms with van der Waals surface area (Å²) in [6.07, 6.45) is -1.30. The molecular formula is C22H34F3IN4O2. The van der Waals surface area contributed by atoms with E-state index in [4.69, 9.17) is 9.47 Å². The Morgan fingerprint density at radius 1 is 1.31 bits per heavy atom. The van der Waals surface area contributed by atoms with Crippen molar-refractivity contribution in [2.24, 2.45) is 4.99 Å². The first-order valence-electron chi connectivity index (χ1n) is 11.0. The number of halogens is 4. The molecule has 2 unspecified atom stereocenters. The zero-order valence-corrected chi connectivity index (χ0v) is 21.0. The predicted molar refractivity (Wildman–Crippen MR) is 130 cm³/mol. The highest BCUT2D eigenvalue weighted by molar-refractivity contribution is 14.0. The highest BCUT2D eigenvalue weighted by atomic mass is 127. The van der Waals surface area contributed by atoms with E-state index in [9.17, 15) is 13.2 Å². The van der Waals surface area contributed by atoms with Gasteiger partial charge in [0.05, 0.1) is 19.2 Å². The van der Waals surface area contributed by atoms with Gasteiger partial charge in [0.15, 0.2) is 5.96 Å². The average molecular weight is 570 g/mol. The molecule has 2 saturated heterocycles. The van der Waals surface area contributed by atoms with Crippen LogP contribution in [0.15, 0.2) is 23.2 Å². The van der Waals surface area contributed by atoms with Gasteiger partial charge in [-0.25, -0.2) is 4.99 Å². The number of rotatable bonds is 8. The molecule has 2 fully saturated rings. The van der Waals surface area contributed by atoms with Gasteiger partial charge in [0, 0.05) is 37.8 Å². The maximum atomic E-state index is 12.6. The van der Waals surface area contributed by atoms with Crippen LogP contribution in [-0.4, -0.2) is 68.6 Å². The summed E-state index contributed by atoms with van der Waals surface area (Å²) >= 11 is 0. The molecule has 6 nitrogen and oxygen atoms in total. The lowest BCUT2D eigenvalue weighted by molar-refractivity contribution is -0.143. The van der Waals surface area contributed by atoms with Gasteiger partial charge in [-0.3, -0.25) is 4.90 Å². The summed E-state index contributed by atoms with van der Waals surface area (Å²) in [6, 6.07) is 5.98. The molecule has 0 spiro atoms. The zero-order valence-electron chi connectivity index (χ0n) is 18.7. The monoisotopic (exact) mass is 570 g/mol. The van der Waals surface area contributed by atoms with Crippen LogP contribution >= 0.6 is 24.0 Å². The third-order valence-corrected chi connectivity index (χ3v) is 5.44. The van der Waals surface area contributed by atoms with Gasteiger partial charge in [-0.05, 0) is 44.7 Å². The fraction of sp³-hybridized carbons (Fsp3) is 0.682. The number of likely N-dealkylation sites (tertiary alicyclic amines) is 1. The molecule has 0 saturated carbocycles. The Morgan fingerprint density at radius 2 is 2.12 bits per heavy atom. The Hall–Kier alpha value is -1.27. The van der Waals surface area contributed by atoms with Crippen LogP contribution in [0.2, 0.25) is 0 Å². The van der Waals surface area contributed by atoms with Crippen molar-refractivity contribution in [3.05, 3.63) is 29.3 Å². The average Bonchev–Trinajstić information content (AvgIpc) is 3.36. The molecule has 0 amide bonds. The first-order valence-corrected chi connectivity index (χ1v) is 11.0. The first-order chi connectivity index (χ1) is 14.8. The number of benzene rings is 1. The summed E-state index contributed by atoms with van der Waals surface area (Å²) in [5.74, 6) is 1.40. The van der Waals surface area contributed by atoms with Gasteiger partial charge in [0.2, 0.25) is 0 Å². The highest BCUT2D eigenvalue weighted by Gasteiger charge is 2.34. The third kappa shape index (κ3) is 8.93. The van der Waals surface area contributed by atoms with E-state index >= 15 is 0 Å². The SMILES string of the molecule is CCNC(=NCc1ccc(C)cc1OCC1CCCO1)NC1CCN(CC(F)(F)F)C1.I. The zero-order chi connectivity index (χ0) is 22.3. The summed E-state index contributed by atoms with van der Waals surface area (Å²) in [5.41, 5.74) is 2.07. The van der Waals surface area contributed by atoms with Crippen LogP contribution in [-0.2, 0) is 11.3 Å². The summed E-state index contributed by atoms with van der Waals surface area (Å²) < 4.78 is 49.6. The number of aliphatic imine (C=N–C) groups is 1. The number of ether oxygens (including phenoxy) is 2. The van der Waals surface area contributed by atoms with E-state index < -0.39 is 12.7 Å². The molecule has 2 aliphatic heterocycles. The molecule has 3 rings (SSSR count). The molecule has 2 heterocycles. The van der Waals surface area contributed by atoms with Crippen molar-refractivity contribution in [3.8, 4) is 5.75 Å². The molecule has 0 aromatic heterocycles. The number of alkyl halides is 3. The van der Waals surface area contributed by atoms with E-state index in [1.54, 1.807) is 0 Å². The van der Waals surface area contributed by atoms with Crippen LogP contribution in [0.4, 0.5) is 13.2 Å². The number of aryl methyl sites for hydroxylation is 1. The molecule has 2 aliphatic rings. The second kappa shape index (κ2) is 12.8. The fourth-order valence-electron chi connectivity index (χ4n) is 3.91. The third-order valence-electron chi connectivity index (χ3n) is 5.44. The largest absolute Gasteiger partial charge is 0.491 e. The number of hydrogen-bond acceptors (Lipinski definition) is 4. The molecule has 182 valence electrons. The molecule has 0 radical (unpaired) electrons. The van der Waals surface area contributed by atoms with E-state index in [0.29, 0.717) is 45.2 Å². The summed E-state index contributed by atoms with van der Waals surface area (Å²) in [4.78, 5) is 6.09. The Balaban J connectivity index is 0.00000363. The molecule has 2 atom stereocenters. The van der Waals surface area contributed by atoms with Gasteiger partial charge in [-0.2, -0.15) is 13.2 Å². The van der Waals surface area contributed by atoms with Gasteiger partial charge < -0.3 is 20.1 Å². The van der Waals surface area contributed by atoms with Crippen LogP contribution in [0.3, 0.4) is 0 Å². The van der Waals surface area contributed by atoms with Crippen molar-refractivity contribution in [1.29, 1.82) is 0 Å². The van der Waals surface area contributed by atoms with Crippen molar-refractivity contribution < 1.29 is 22.6 Å². The standard InChI is InChI=1S/C22H33F3N4O2.HI/c1-3-26-21(28-18-8-9-29(13-18)15-22(23,24)25)27-12-17-7-6-16(2)11-20(17)31-14-19-5-4-10-30-19;/h6-7,11,18-19H,3-5,8-10,12-15H2,1-2H3,(H2,26,27,28);1H. The smallest absolute Gasteiger partial charge is 0.401 e. The summed E-state index contributed by atoms with van der Waals surface area (Å²) in [7, 11) is 0. The van der Waals surface area contributed by atoms with Gasteiger partial charge >= 0.3 is 6.18 Å². The van der Waals surface area contributed by atoms with Gasteiger partial charge in [-0.15, -0.1) is 24.0 Å². The van der Waals surface area contributed by atoms with E-state index in [-0.39, 0.29) is 36.1 Å².